The van der Waals surface area contributed by atoms with Crippen LogP contribution in [0.4, 0.5) is 0 Å². The van der Waals surface area contributed by atoms with Crippen molar-refractivity contribution in [2.24, 2.45) is 7.05 Å². The summed E-state index contributed by atoms with van der Waals surface area (Å²) >= 11 is 0. The van der Waals surface area contributed by atoms with Crippen molar-refractivity contribution in [3.05, 3.63) is 52.7 Å². The monoisotopic (exact) mass is 558 g/mol. The molecule has 216 valence electrons. The number of fused-ring (bicyclic) bond motifs is 3. The summed E-state index contributed by atoms with van der Waals surface area (Å²) in [6.45, 7) is 7.06. The molecule has 3 aromatic heterocycles. The molecule has 3 fully saturated rings. The highest BCUT2D eigenvalue weighted by Crippen LogP contribution is 2.31. The summed E-state index contributed by atoms with van der Waals surface area (Å²) in [5.41, 5.74) is 5.08. The highest BCUT2D eigenvalue weighted by atomic mass is 16.5. The van der Waals surface area contributed by atoms with E-state index >= 15 is 0 Å². The second kappa shape index (κ2) is 11.2. The van der Waals surface area contributed by atoms with Crippen LogP contribution in [-0.2, 0) is 21.3 Å². The van der Waals surface area contributed by atoms with Gasteiger partial charge in [-0.2, -0.15) is 0 Å². The average molecular weight is 559 g/mol. The number of likely N-dealkylation sites (tertiary alicyclic amines) is 1. The van der Waals surface area contributed by atoms with Gasteiger partial charge in [0.25, 0.3) is 0 Å². The molecule has 4 aromatic rings. The lowest BCUT2D eigenvalue weighted by molar-refractivity contribution is 0.0320. The van der Waals surface area contributed by atoms with Gasteiger partial charge >= 0.3 is 5.69 Å². The van der Waals surface area contributed by atoms with Crippen molar-refractivity contribution in [2.45, 2.75) is 63.4 Å². The number of pyridine rings is 1. The number of aromatic nitrogens is 5. The predicted molar refractivity (Wildman–Crippen MR) is 156 cm³/mol. The van der Waals surface area contributed by atoms with E-state index in [-0.39, 0.29) is 17.8 Å². The molecule has 0 bridgehead atoms. The molecule has 10 heteroatoms. The van der Waals surface area contributed by atoms with Crippen LogP contribution in [0.1, 0.15) is 56.9 Å². The number of ether oxygens (including phenoxy) is 3. The third kappa shape index (κ3) is 5.41. The number of hydrogen-bond donors (Lipinski definition) is 0. The Balaban J connectivity index is 1.07. The molecule has 5 heterocycles. The molecule has 3 aliphatic rings. The number of hydrogen-bond acceptors (Lipinski definition) is 8. The topological polar surface area (TPSA) is 96.5 Å². The van der Waals surface area contributed by atoms with Crippen LogP contribution in [0.15, 0.2) is 41.3 Å². The Kier molecular flexibility index (Phi) is 7.32. The maximum atomic E-state index is 13.3. The normalized spacial score (nSPS) is 21.3. The Labute approximate surface area is 239 Å². The van der Waals surface area contributed by atoms with Crippen molar-refractivity contribution >= 4 is 22.1 Å². The number of benzene rings is 1. The van der Waals surface area contributed by atoms with E-state index < -0.39 is 0 Å². The Morgan fingerprint density at radius 1 is 1.02 bits per heavy atom. The van der Waals surface area contributed by atoms with Gasteiger partial charge in [-0.15, -0.1) is 10.2 Å². The van der Waals surface area contributed by atoms with E-state index in [4.69, 9.17) is 19.2 Å². The minimum absolute atomic E-state index is 0.0600. The first-order valence-corrected chi connectivity index (χ1v) is 15.0. The van der Waals surface area contributed by atoms with Crippen molar-refractivity contribution in [1.82, 2.24) is 29.2 Å². The third-order valence-corrected chi connectivity index (χ3v) is 8.77. The summed E-state index contributed by atoms with van der Waals surface area (Å²) < 4.78 is 21.3. The molecule has 1 saturated carbocycles. The average Bonchev–Trinajstić information content (AvgIpc) is 3.65. The molecule has 2 saturated heterocycles. The highest BCUT2D eigenvalue weighted by Gasteiger charge is 2.30. The Hall–Kier alpha value is -3.18. The van der Waals surface area contributed by atoms with Crippen LogP contribution in [0.3, 0.4) is 0 Å². The number of nitrogens with zero attached hydrogens (tertiary/aromatic N) is 6. The van der Waals surface area contributed by atoms with Gasteiger partial charge in [-0.3, -0.25) is 19.0 Å². The van der Waals surface area contributed by atoms with Crippen LogP contribution < -0.4 is 5.69 Å². The summed E-state index contributed by atoms with van der Waals surface area (Å²) in [6, 6.07) is 10.3. The molecular formula is C31H38N6O4. The lowest BCUT2D eigenvalue weighted by Gasteiger charge is -2.23. The maximum absolute atomic E-state index is 13.3. The maximum Gasteiger partial charge on any atom is 0.330 e. The fourth-order valence-electron chi connectivity index (χ4n) is 6.20. The lowest BCUT2D eigenvalue weighted by atomic mass is 10.0. The summed E-state index contributed by atoms with van der Waals surface area (Å²) in [5, 5.41) is 9.76. The highest BCUT2D eigenvalue weighted by molar-refractivity contribution is 6.02. The fraction of sp³-hybridized carbons (Fsp3) is 0.548. The van der Waals surface area contributed by atoms with Crippen LogP contribution in [0.5, 0.6) is 0 Å². The third-order valence-electron chi connectivity index (χ3n) is 8.77. The molecule has 0 unspecified atom stereocenters. The van der Waals surface area contributed by atoms with Crippen LogP contribution in [-0.4, -0.2) is 80.9 Å². The SMILES string of the molecule is C[C@@H](OCCN1CC[C@@H](OC2CC2)C1)c1ccc(-c2ccc3nnc4c(c3c2)n(C2CCOCC2)c(=O)n4C)cn1. The Morgan fingerprint density at radius 2 is 1.85 bits per heavy atom. The van der Waals surface area contributed by atoms with Crippen LogP contribution in [0.25, 0.3) is 33.2 Å². The van der Waals surface area contributed by atoms with E-state index in [1.165, 1.54) is 12.8 Å². The zero-order valence-corrected chi connectivity index (χ0v) is 23.9. The molecule has 0 radical (unpaired) electrons. The van der Waals surface area contributed by atoms with Crippen LogP contribution in [0.2, 0.25) is 0 Å². The summed E-state index contributed by atoms with van der Waals surface area (Å²) in [6.07, 6.45) is 7.93. The standard InChI is InChI=1S/C31H38N6O4/c1-20(40-16-13-36-12-9-25(19-36)41-24-5-6-24)27-7-4-22(18-32-27)21-3-8-28-26(17-21)29-30(34-33-28)35(2)31(38)37(29)23-10-14-39-15-11-23/h3-4,7-8,17-18,20,23-25H,5-6,9-16,19H2,1-2H3/t20-,25-/m1/s1. The van der Waals surface area contributed by atoms with Gasteiger partial charge in [-0.05, 0) is 62.8 Å². The fourth-order valence-corrected chi connectivity index (χ4v) is 6.20. The first-order valence-electron chi connectivity index (χ1n) is 15.0. The molecule has 0 spiro atoms. The second-order valence-corrected chi connectivity index (χ2v) is 11.7. The molecular weight excluding hydrogens is 520 g/mol. The van der Waals surface area contributed by atoms with Crippen molar-refractivity contribution in [3.8, 4) is 11.1 Å². The van der Waals surface area contributed by atoms with E-state index in [9.17, 15) is 4.79 Å². The molecule has 0 amide bonds. The Morgan fingerprint density at radius 3 is 2.63 bits per heavy atom. The van der Waals surface area contributed by atoms with E-state index in [2.05, 4.69) is 34.2 Å². The molecule has 0 N–H and O–H groups in total. The minimum atomic E-state index is -0.0881. The van der Waals surface area contributed by atoms with Crippen molar-refractivity contribution in [2.75, 3.05) is 39.5 Å². The van der Waals surface area contributed by atoms with Gasteiger partial charge in [-0.1, -0.05) is 12.1 Å². The summed E-state index contributed by atoms with van der Waals surface area (Å²) in [4.78, 5) is 20.5. The molecule has 1 aliphatic carbocycles. The van der Waals surface area contributed by atoms with Gasteiger partial charge in [0.15, 0.2) is 5.65 Å². The zero-order valence-electron chi connectivity index (χ0n) is 23.9. The van der Waals surface area contributed by atoms with Crippen LogP contribution >= 0.6 is 0 Å². The van der Waals surface area contributed by atoms with Crippen molar-refractivity contribution in [1.29, 1.82) is 0 Å². The summed E-state index contributed by atoms with van der Waals surface area (Å²) in [7, 11) is 1.77. The van der Waals surface area contributed by atoms with Crippen LogP contribution in [0, 0.1) is 0 Å². The number of imidazole rings is 1. The lowest BCUT2D eigenvalue weighted by Crippen LogP contribution is -2.29. The zero-order chi connectivity index (χ0) is 27.9. The molecule has 7 rings (SSSR count). The molecule has 2 aliphatic heterocycles. The van der Waals surface area contributed by atoms with E-state index in [0.717, 1.165) is 72.1 Å². The van der Waals surface area contributed by atoms with Gasteiger partial charge in [0.2, 0.25) is 0 Å². The van der Waals surface area contributed by atoms with E-state index in [0.29, 0.717) is 37.7 Å². The van der Waals surface area contributed by atoms with Gasteiger partial charge in [0.05, 0.1) is 36.1 Å². The molecule has 2 atom stereocenters. The first-order chi connectivity index (χ1) is 20.0. The van der Waals surface area contributed by atoms with Gasteiger partial charge in [0.1, 0.15) is 5.52 Å². The van der Waals surface area contributed by atoms with Crippen molar-refractivity contribution in [3.63, 3.8) is 0 Å². The Bertz CT molecular complexity index is 1590. The molecule has 10 nitrogen and oxygen atoms in total. The summed E-state index contributed by atoms with van der Waals surface area (Å²) in [5.74, 6) is 0. The minimum Gasteiger partial charge on any atom is -0.381 e. The number of rotatable bonds is 9. The van der Waals surface area contributed by atoms with Gasteiger partial charge in [0, 0.05) is 63.1 Å². The second-order valence-electron chi connectivity index (χ2n) is 11.7. The van der Waals surface area contributed by atoms with E-state index in [1.807, 2.05) is 29.0 Å². The predicted octanol–water partition coefficient (Wildman–Crippen LogP) is 4.03. The smallest absolute Gasteiger partial charge is 0.330 e. The van der Waals surface area contributed by atoms with Crippen molar-refractivity contribution < 1.29 is 14.2 Å². The molecule has 1 aromatic carbocycles. The van der Waals surface area contributed by atoms with E-state index in [1.54, 1.807) is 11.6 Å². The number of aryl methyl sites for hydroxylation is 1. The van der Waals surface area contributed by atoms with Gasteiger partial charge in [-0.25, -0.2) is 4.79 Å². The largest absolute Gasteiger partial charge is 0.381 e. The first kappa shape index (κ1) is 26.7. The molecule has 41 heavy (non-hydrogen) atoms. The quantitative estimate of drug-likeness (QED) is 0.304. The van der Waals surface area contributed by atoms with Gasteiger partial charge < -0.3 is 14.2 Å².